The van der Waals surface area contributed by atoms with Gasteiger partial charge in [0.05, 0.1) is 12.4 Å². The van der Waals surface area contributed by atoms with Gasteiger partial charge in [-0.25, -0.2) is 5.43 Å². The highest BCUT2D eigenvalue weighted by atomic mass is 35.5. The molecule has 0 atom stereocenters. The molecule has 0 amide bonds. The van der Waals surface area contributed by atoms with Crippen LogP contribution in [-0.4, -0.2) is 28.4 Å². The lowest BCUT2D eigenvalue weighted by Gasteiger charge is -1.95. The molecule has 0 saturated carbocycles. The minimum absolute atomic E-state index is 0. The number of nitrogens with one attached hydrogen (secondary N) is 3. The van der Waals surface area contributed by atoms with Gasteiger partial charge in [0.25, 0.3) is 0 Å². The van der Waals surface area contributed by atoms with E-state index in [2.05, 4.69) is 30.7 Å². The van der Waals surface area contributed by atoms with Crippen LogP contribution in [0, 0.1) is 0 Å². The lowest BCUT2D eigenvalue weighted by Crippen LogP contribution is -2.26. The van der Waals surface area contributed by atoms with E-state index in [9.17, 15) is 0 Å². The Bertz CT molecular complexity index is 1140. The number of benzene rings is 2. The number of hydrogen-bond donors (Lipinski definition) is 4. The second kappa shape index (κ2) is 8.20. The molecule has 136 valence electrons. The summed E-state index contributed by atoms with van der Waals surface area (Å²) in [5, 5.41) is 14.2. The van der Waals surface area contributed by atoms with Crippen molar-refractivity contribution >= 4 is 52.6 Å². The molecule has 2 heterocycles. The van der Waals surface area contributed by atoms with Crippen molar-refractivity contribution in [2.24, 2.45) is 21.0 Å². The van der Waals surface area contributed by atoms with E-state index in [4.69, 9.17) is 5.73 Å². The topological polar surface area (TPSA) is 107 Å². The summed E-state index contributed by atoms with van der Waals surface area (Å²) in [6.07, 6.45) is 7.10. The van der Waals surface area contributed by atoms with Gasteiger partial charge in [-0.3, -0.25) is 0 Å². The van der Waals surface area contributed by atoms with Gasteiger partial charge in [-0.15, -0.1) is 17.5 Å². The van der Waals surface area contributed by atoms with Crippen LogP contribution in [0.2, 0.25) is 0 Å². The summed E-state index contributed by atoms with van der Waals surface area (Å²) in [6, 6.07) is 16.0. The van der Waals surface area contributed by atoms with Gasteiger partial charge in [-0.1, -0.05) is 36.4 Å². The molecule has 4 aromatic rings. The molecular formula is C19H18ClN7. The molecule has 0 fully saturated rings. The van der Waals surface area contributed by atoms with Crippen LogP contribution in [-0.2, 0) is 0 Å². The van der Waals surface area contributed by atoms with Gasteiger partial charge >= 0.3 is 0 Å². The Hall–Kier alpha value is -3.58. The summed E-state index contributed by atoms with van der Waals surface area (Å²) in [5.41, 5.74) is 12.4. The Morgan fingerprint density at radius 3 is 2.04 bits per heavy atom. The Morgan fingerprint density at radius 1 is 0.852 bits per heavy atom. The predicted molar refractivity (Wildman–Crippen MR) is 114 cm³/mol. The van der Waals surface area contributed by atoms with Crippen LogP contribution in [0.3, 0.4) is 0 Å². The van der Waals surface area contributed by atoms with E-state index >= 15 is 0 Å². The summed E-state index contributed by atoms with van der Waals surface area (Å²) >= 11 is 0. The summed E-state index contributed by atoms with van der Waals surface area (Å²) in [5.74, 6) is 0.109. The zero-order chi connectivity index (χ0) is 17.8. The van der Waals surface area contributed by atoms with Crippen molar-refractivity contribution < 1.29 is 0 Å². The number of rotatable bonds is 4. The van der Waals surface area contributed by atoms with Crippen molar-refractivity contribution in [2.45, 2.75) is 0 Å². The SMILES string of the molecule is Cl.N/C(=N\N=C\c1c[nH]c2ccccc12)N/N=C/c1c[nH]c2ccccc12. The molecule has 0 aliphatic heterocycles. The van der Waals surface area contributed by atoms with Gasteiger partial charge in [0.15, 0.2) is 0 Å². The number of hydrogen-bond acceptors (Lipinski definition) is 3. The van der Waals surface area contributed by atoms with Crippen LogP contribution in [0.5, 0.6) is 0 Å². The highest BCUT2D eigenvalue weighted by molar-refractivity contribution is 6.00. The summed E-state index contributed by atoms with van der Waals surface area (Å²) in [6.45, 7) is 0. The number of halogens is 1. The Kier molecular flexibility index (Phi) is 5.53. The van der Waals surface area contributed by atoms with Crippen molar-refractivity contribution in [3.05, 3.63) is 72.1 Å². The molecule has 8 heteroatoms. The third-order valence-electron chi connectivity index (χ3n) is 3.99. The first-order chi connectivity index (χ1) is 12.8. The molecule has 0 radical (unpaired) electrons. The molecule has 0 aliphatic rings. The first kappa shape index (κ1) is 18.2. The van der Waals surface area contributed by atoms with Crippen molar-refractivity contribution in [2.75, 3.05) is 0 Å². The minimum atomic E-state index is 0. The van der Waals surface area contributed by atoms with Crippen LogP contribution in [0.4, 0.5) is 0 Å². The van der Waals surface area contributed by atoms with E-state index in [0.717, 1.165) is 32.9 Å². The number of para-hydroxylation sites is 2. The van der Waals surface area contributed by atoms with Crippen LogP contribution >= 0.6 is 12.4 Å². The average molecular weight is 380 g/mol. The Morgan fingerprint density at radius 2 is 1.41 bits per heavy atom. The van der Waals surface area contributed by atoms with Crippen LogP contribution < -0.4 is 11.2 Å². The molecule has 2 aromatic carbocycles. The lowest BCUT2D eigenvalue weighted by molar-refractivity contribution is 0.994. The van der Waals surface area contributed by atoms with Gasteiger partial charge in [-0.2, -0.15) is 10.2 Å². The fourth-order valence-corrected chi connectivity index (χ4v) is 2.75. The van der Waals surface area contributed by atoms with E-state index in [1.165, 1.54) is 0 Å². The van der Waals surface area contributed by atoms with Crippen LogP contribution in [0.1, 0.15) is 11.1 Å². The molecule has 27 heavy (non-hydrogen) atoms. The number of H-pyrrole nitrogens is 2. The number of nitrogens with two attached hydrogens (primary N) is 1. The van der Waals surface area contributed by atoms with E-state index in [0.29, 0.717) is 0 Å². The standard InChI is InChI=1S/C19H17N7.ClH/c20-19(25-23-11-13-9-21-17-7-3-1-5-15(13)17)26-24-12-14-10-22-18-8-4-2-6-16(14)18;/h1-12,21-22H,(H3,20,25,26);1H/b23-11+,24-12+;. The van der Waals surface area contributed by atoms with Crippen molar-refractivity contribution in [1.82, 2.24) is 15.4 Å². The predicted octanol–water partition coefficient (Wildman–Crippen LogP) is 3.34. The quantitative estimate of drug-likeness (QED) is 0.248. The largest absolute Gasteiger partial charge is 0.367 e. The monoisotopic (exact) mass is 379 g/mol. The maximum atomic E-state index is 5.77. The van der Waals surface area contributed by atoms with Gasteiger partial charge in [0, 0.05) is 45.3 Å². The third-order valence-corrected chi connectivity index (χ3v) is 3.99. The Labute approximate surface area is 161 Å². The molecule has 0 bridgehead atoms. The molecule has 0 unspecified atom stereocenters. The highest BCUT2D eigenvalue weighted by Crippen LogP contribution is 2.16. The lowest BCUT2D eigenvalue weighted by atomic mass is 10.2. The Balaban J connectivity index is 0.00000210. The number of guanidine groups is 1. The summed E-state index contributed by atoms with van der Waals surface area (Å²) < 4.78 is 0. The van der Waals surface area contributed by atoms with Gasteiger partial charge in [0.2, 0.25) is 5.96 Å². The number of hydrazone groups is 1. The number of fused-ring (bicyclic) bond motifs is 2. The van der Waals surface area contributed by atoms with Crippen molar-refractivity contribution in [1.29, 1.82) is 0 Å². The molecule has 7 nitrogen and oxygen atoms in total. The summed E-state index contributed by atoms with van der Waals surface area (Å²) in [7, 11) is 0. The zero-order valence-electron chi connectivity index (χ0n) is 14.3. The molecule has 0 saturated heterocycles. The summed E-state index contributed by atoms with van der Waals surface area (Å²) in [4.78, 5) is 6.36. The van der Waals surface area contributed by atoms with Gasteiger partial charge in [0.1, 0.15) is 0 Å². The van der Waals surface area contributed by atoms with Crippen molar-refractivity contribution in [3.63, 3.8) is 0 Å². The minimum Gasteiger partial charge on any atom is -0.367 e. The molecule has 5 N–H and O–H groups in total. The molecule has 0 spiro atoms. The van der Waals surface area contributed by atoms with E-state index in [1.54, 1.807) is 12.4 Å². The molecular weight excluding hydrogens is 362 g/mol. The number of aromatic nitrogens is 2. The fraction of sp³-hybridized carbons (Fsp3) is 0. The average Bonchev–Trinajstić information content (AvgIpc) is 3.27. The van der Waals surface area contributed by atoms with E-state index < -0.39 is 0 Å². The second-order valence-corrected chi connectivity index (χ2v) is 5.68. The zero-order valence-corrected chi connectivity index (χ0v) is 15.1. The normalized spacial score (nSPS) is 12.2. The van der Waals surface area contributed by atoms with Gasteiger partial charge in [-0.05, 0) is 12.1 Å². The van der Waals surface area contributed by atoms with E-state index in [1.807, 2.05) is 60.9 Å². The maximum Gasteiger partial charge on any atom is 0.234 e. The highest BCUT2D eigenvalue weighted by Gasteiger charge is 2.00. The molecule has 0 aliphatic carbocycles. The van der Waals surface area contributed by atoms with Crippen LogP contribution in [0.15, 0.2) is 76.2 Å². The second-order valence-electron chi connectivity index (χ2n) is 5.68. The fourth-order valence-electron chi connectivity index (χ4n) is 2.75. The molecule has 2 aromatic heterocycles. The first-order valence-corrected chi connectivity index (χ1v) is 8.09. The van der Waals surface area contributed by atoms with Crippen molar-refractivity contribution in [3.8, 4) is 0 Å². The smallest absolute Gasteiger partial charge is 0.234 e. The number of aromatic amines is 2. The van der Waals surface area contributed by atoms with E-state index in [-0.39, 0.29) is 18.4 Å². The first-order valence-electron chi connectivity index (χ1n) is 8.09. The van der Waals surface area contributed by atoms with Crippen LogP contribution in [0.25, 0.3) is 21.8 Å². The molecule has 4 rings (SSSR count). The number of nitrogens with zero attached hydrogens (tertiary/aromatic N) is 3. The maximum absolute atomic E-state index is 5.77. The van der Waals surface area contributed by atoms with Gasteiger partial charge < -0.3 is 15.7 Å². The third kappa shape index (κ3) is 3.99.